The van der Waals surface area contributed by atoms with Gasteiger partial charge in [-0.3, -0.25) is 0 Å². The van der Waals surface area contributed by atoms with Crippen molar-refractivity contribution in [1.29, 1.82) is 0 Å². The van der Waals surface area contributed by atoms with Gasteiger partial charge < -0.3 is 5.32 Å². The van der Waals surface area contributed by atoms with Crippen LogP contribution < -0.4 is 5.32 Å². The number of nitrogens with one attached hydrogen (secondary N) is 1. The van der Waals surface area contributed by atoms with Gasteiger partial charge in [0.15, 0.2) is 0 Å². The van der Waals surface area contributed by atoms with Crippen LogP contribution in [0.1, 0.15) is 55.8 Å². The van der Waals surface area contributed by atoms with Gasteiger partial charge in [-0.2, -0.15) is 0 Å². The lowest BCUT2D eigenvalue weighted by Gasteiger charge is -2.20. The van der Waals surface area contributed by atoms with E-state index in [1.807, 2.05) is 0 Å². The predicted octanol–water partition coefficient (Wildman–Crippen LogP) is 5.66. The van der Waals surface area contributed by atoms with Gasteiger partial charge in [0.25, 0.3) is 0 Å². The van der Waals surface area contributed by atoms with Crippen LogP contribution in [0.4, 0.5) is 0 Å². The van der Waals surface area contributed by atoms with Gasteiger partial charge in [0.2, 0.25) is 0 Å². The standard InChI is InChI=1S/C19H24BrN/c1-4-14(3)15-9-11-16(12-10-15)19(21-5-2)17-7-6-8-18(20)13-17/h6-14,19,21H,4-5H2,1-3H3. The van der Waals surface area contributed by atoms with E-state index in [2.05, 4.69) is 90.5 Å². The molecule has 2 unspecified atom stereocenters. The van der Waals surface area contributed by atoms with E-state index in [0.29, 0.717) is 5.92 Å². The van der Waals surface area contributed by atoms with Gasteiger partial charge in [-0.05, 0) is 47.7 Å². The van der Waals surface area contributed by atoms with Crippen LogP contribution in [0.25, 0.3) is 0 Å². The van der Waals surface area contributed by atoms with Gasteiger partial charge in [-0.15, -0.1) is 0 Å². The first-order valence-electron chi connectivity index (χ1n) is 7.74. The quantitative estimate of drug-likeness (QED) is 0.711. The van der Waals surface area contributed by atoms with Crippen LogP contribution in [0.5, 0.6) is 0 Å². The third-order valence-corrected chi connectivity index (χ3v) is 4.53. The molecular weight excluding hydrogens is 322 g/mol. The maximum absolute atomic E-state index is 3.58. The zero-order valence-corrected chi connectivity index (χ0v) is 14.7. The molecule has 112 valence electrons. The second-order valence-electron chi connectivity index (χ2n) is 5.52. The van der Waals surface area contributed by atoms with E-state index < -0.39 is 0 Å². The highest BCUT2D eigenvalue weighted by molar-refractivity contribution is 9.10. The number of benzene rings is 2. The van der Waals surface area contributed by atoms with Crippen molar-refractivity contribution < 1.29 is 0 Å². The normalized spacial score (nSPS) is 13.9. The van der Waals surface area contributed by atoms with Crippen LogP contribution in [-0.4, -0.2) is 6.54 Å². The first kappa shape index (κ1) is 16.3. The molecule has 0 fully saturated rings. The molecule has 0 radical (unpaired) electrons. The molecule has 0 aliphatic rings. The highest BCUT2D eigenvalue weighted by atomic mass is 79.9. The Balaban J connectivity index is 2.30. The summed E-state index contributed by atoms with van der Waals surface area (Å²) in [5.41, 5.74) is 4.04. The summed E-state index contributed by atoms with van der Waals surface area (Å²) >= 11 is 3.57. The maximum atomic E-state index is 3.58. The first-order chi connectivity index (χ1) is 10.2. The Kier molecular flexibility index (Phi) is 6.01. The maximum Gasteiger partial charge on any atom is 0.0577 e. The summed E-state index contributed by atoms with van der Waals surface area (Å²) < 4.78 is 1.12. The fraction of sp³-hybridized carbons (Fsp3) is 0.368. The van der Waals surface area contributed by atoms with E-state index in [9.17, 15) is 0 Å². The molecule has 0 heterocycles. The van der Waals surface area contributed by atoms with E-state index in [4.69, 9.17) is 0 Å². The van der Waals surface area contributed by atoms with Gasteiger partial charge in [0, 0.05) is 4.47 Å². The largest absolute Gasteiger partial charge is 0.307 e. The SMILES string of the molecule is CCNC(c1ccc(C(C)CC)cc1)c1cccc(Br)c1. The molecule has 2 heteroatoms. The summed E-state index contributed by atoms with van der Waals surface area (Å²) in [5, 5.41) is 3.58. The van der Waals surface area contributed by atoms with Crippen molar-refractivity contribution in [2.75, 3.05) is 6.54 Å². The Labute approximate surface area is 136 Å². The van der Waals surface area contributed by atoms with Gasteiger partial charge >= 0.3 is 0 Å². The minimum absolute atomic E-state index is 0.249. The molecule has 2 aromatic rings. The van der Waals surface area contributed by atoms with Crippen LogP contribution >= 0.6 is 15.9 Å². The van der Waals surface area contributed by atoms with E-state index in [0.717, 1.165) is 11.0 Å². The molecule has 1 N–H and O–H groups in total. The van der Waals surface area contributed by atoms with E-state index in [-0.39, 0.29) is 6.04 Å². The third kappa shape index (κ3) is 4.18. The topological polar surface area (TPSA) is 12.0 Å². The second-order valence-corrected chi connectivity index (χ2v) is 6.44. The summed E-state index contributed by atoms with van der Waals surface area (Å²) in [6.45, 7) is 7.62. The smallest absolute Gasteiger partial charge is 0.0577 e. The summed E-state index contributed by atoms with van der Waals surface area (Å²) in [7, 11) is 0. The molecule has 2 atom stereocenters. The Hall–Kier alpha value is -1.12. The van der Waals surface area contributed by atoms with E-state index >= 15 is 0 Å². The second kappa shape index (κ2) is 7.77. The summed E-state index contributed by atoms with van der Waals surface area (Å²) in [6, 6.07) is 17.8. The van der Waals surface area contributed by atoms with E-state index in [1.165, 1.54) is 23.1 Å². The monoisotopic (exact) mass is 345 g/mol. The number of hydrogen-bond donors (Lipinski definition) is 1. The Morgan fingerprint density at radius 2 is 1.62 bits per heavy atom. The van der Waals surface area contributed by atoms with Crippen molar-refractivity contribution in [3.05, 3.63) is 69.7 Å². The molecular formula is C19H24BrN. The summed E-state index contributed by atoms with van der Waals surface area (Å²) in [6.07, 6.45) is 1.18. The Bertz CT molecular complexity index is 562. The summed E-state index contributed by atoms with van der Waals surface area (Å²) in [4.78, 5) is 0. The molecule has 0 aromatic heterocycles. The van der Waals surface area contributed by atoms with Crippen LogP contribution in [-0.2, 0) is 0 Å². The highest BCUT2D eigenvalue weighted by Gasteiger charge is 2.13. The molecule has 2 rings (SSSR count). The van der Waals surface area contributed by atoms with Crippen molar-refractivity contribution in [1.82, 2.24) is 5.32 Å². The highest BCUT2D eigenvalue weighted by Crippen LogP contribution is 2.26. The molecule has 21 heavy (non-hydrogen) atoms. The molecule has 0 amide bonds. The van der Waals surface area contributed by atoms with Crippen molar-refractivity contribution in [2.24, 2.45) is 0 Å². The van der Waals surface area contributed by atoms with Gasteiger partial charge in [-0.1, -0.05) is 73.1 Å². The zero-order chi connectivity index (χ0) is 15.2. The third-order valence-electron chi connectivity index (χ3n) is 4.04. The predicted molar refractivity (Wildman–Crippen MR) is 94.8 cm³/mol. The average Bonchev–Trinajstić information content (AvgIpc) is 2.52. The molecule has 0 aliphatic carbocycles. The van der Waals surface area contributed by atoms with Crippen LogP contribution in [0, 0.1) is 0 Å². The van der Waals surface area contributed by atoms with Crippen molar-refractivity contribution in [3.8, 4) is 0 Å². The molecule has 0 aliphatic heterocycles. The van der Waals surface area contributed by atoms with Crippen LogP contribution in [0.15, 0.2) is 53.0 Å². The first-order valence-corrected chi connectivity index (χ1v) is 8.53. The van der Waals surface area contributed by atoms with Crippen LogP contribution in [0.2, 0.25) is 0 Å². The lowest BCUT2D eigenvalue weighted by Crippen LogP contribution is -2.22. The fourth-order valence-corrected chi connectivity index (χ4v) is 2.99. The average molecular weight is 346 g/mol. The summed E-state index contributed by atoms with van der Waals surface area (Å²) in [5.74, 6) is 0.627. The number of halogens is 1. The Morgan fingerprint density at radius 3 is 2.19 bits per heavy atom. The molecule has 0 spiro atoms. The lowest BCUT2D eigenvalue weighted by molar-refractivity contribution is 0.629. The Morgan fingerprint density at radius 1 is 0.952 bits per heavy atom. The van der Waals surface area contributed by atoms with Gasteiger partial charge in [0.05, 0.1) is 6.04 Å². The number of hydrogen-bond acceptors (Lipinski definition) is 1. The van der Waals surface area contributed by atoms with E-state index in [1.54, 1.807) is 0 Å². The molecule has 0 saturated carbocycles. The van der Waals surface area contributed by atoms with Crippen molar-refractivity contribution in [2.45, 2.75) is 39.2 Å². The van der Waals surface area contributed by atoms with Gasteiger partial charge in [0.1, 0.15) is 0 Å². The molecule has 0 saturated heterocycles. The minimum Gasteiger partial charge on any atom is -0.307 e. The molecule has 1 nitrogen and oxygen atoms in total. The molecule has 0 bridgehead atoms. The number of rotatable bonds is 6. The lowest BCUT2D eigenvalue weighted by atomic mass is 9.93. The fourth-order valence-electron chi connectivity index (χ4n) is 2.57. The van der Waals surface area contributed by atoms with Crippen molar-refractivity contribution >= 4 is 15.9 Å². The van der Waals surface area contributed by atoms with Crippen molar-refractivity contribution in [3.63, 3.8) is 0 Å². The zero-order valence-electron chi connectivity index (χ0n) is 13.1. The minimum atomic E-state index is 0.249. The van der Waals surface area contributed by atoms with Gasteiger partial charge in [-0.25, -0.2) is 0 Å². The molecule has 2 aromatic carbocycles. The van der Waals surface area contributed by atoms with Crippen LogP contribution in [0.3, 0.4) is 0 Å².